The lowest BCUT2D eigenvalue weighted by molar-refractivity contribution is 0.668. The van der Waals surface area contributed by atoms with Gasteiger partial charge in [0.1, 0.15) is 23.2 Å². The first-order valence-corrected chi connectivity index (χ1v) is 17.6. The summed E-state index contributed by atoms with van der Waals surface area (Å²) < 4.78 is 6.46. The van der Waals surface area contributed by atoms with E-state index >= 15 is 0 Å². The van der Waals surface area contributed by atoms with E-state index in [1.54, 1.807) is 0 Å². The van der Waals surface area contributed by atoms with E-state index in [-0.39, 0.29) is 6.17 Å². The van der Waals surface area contributed by atoms with Crippen LogP contribution in [0.4, 0.5) is 0 Å². The van der Waals surface area contributed by atoms with Gasteiger partial charge in [-0.05, 0) is 92.5 Å². The number of aliphatic imine (C=N–C) groups is 2. The largest absolute Gasteiger partial charge is 0.456 e. The average Bonchev–Trinajstić information content (AvgIpc) is 3.59. The number of para-hydroxylation sites is 1. The number of benzene rings is 7. The maximum absolute atomic E-state index is 6.46. The Bertz CT molecular complexity index is 2780. The predicted octanol–water partition coefficient (Wildman–Crippen LogP) is 11.8. The van der Waals surface area contributed by atoms with E-state index in [4.69, 9.17) is 14.4 Å². The maximum atomic E-state index is 6.46. The molecule has 0 saturated heterocycles. The SMILES string of the molecule is C1=CCCC(c2ccc(C3=NC(c4ccc5ccccc5c4)NC(c4c(-c5ccc6ccccc6c5)ccc5oc6ccccc6c45)=N3)cc2)=C1. The molecule has 0 spiro atoms. The highest BCUT2D eigenvalue weighted by Crippen LogP contribution is 2.39. The molecule has 51 heavy (non-hydrogen) atoms. The lowest BCUT2D eigenvalue weighted by Crippen LogP contribution is -2.34. The average molecular weight is 656 g/mol. The van der Waals surface area contributed by atoms with Gasteiger partial charge in [-0.3, -0.25) is 0 Å². The lowest BCUT2D eigenvalue weighted by atomic mass is 9.92. The fraction of sp³-hybridized carbons (Fsp3) is 0.0638. The smallest absolute Gasteiger partial charge is 0.159 e. The third-order valence-corrected chi connectivity index (χ3v) is 10.2. The highest BCUT2D eigenvalue weighted by molar-refractivity contribution is 6.24. The first kappa shape index (κ1) is 29.4. The molecule has 242 valence electrons. The molecule has 0 fully saturated rings. The highest BCUT2D eigenvalue weighted by atomic mass is 16.3. The van der Waals surface area contributed by atoms with E-state index in [2.05, 4.69) is 157 Å². The Morgan fingerprint density at radius 3 is 2.12 bits per heavy atom. The number of hydrogen-bond acceptors (Lipinski definition) is 4. The van der Waals surface area contributed by atoms with Gasteiger partial charge < -0.3 is 9.73 Å². The van der Waals surface area contributed by atoms with Gasteiger partial charge in [0.25, 0.3) is 0 Å². The molecule has 0 saturated carbocycles. The standard InChI is InChI=1S/C47H33N3O/c1-2-10-30(11-3-1)33-18-22-34(23-19-33)45-48-46(38-25-21-32-13-5-7-15-36(32)29-38)50-47(49-45)44-39(37-24-20-31-12-4-6-14-35(31)28-37)26-27-42-43(44)40-16-8-9-17-41(40)51-42/h1-2,4-10,12-29,46H,3,11H2,(H,48,49,50). The van der Waals surface area contributed by atoms with Crippen molar-refractivity contribution in [2.75, 3.05) is 0 Å². The molecule has 0 amide bonds. The number of furan rings is 1. The molecule has 0 bridgehead atoms. The fourth-order valence-corrected chi connectivity index (χ4v) is 7.59. The Morgan fingerprint density at radius 2 is 1.31 bits per heavy atom. The predicted molar refractivity (Wildman–Crippen MR) is 212 cm³/mol. The summed E-state index contributed by atoms with van der Waals surface area (Å²) in [6.07, 6.45) is 8.36. The van der Waals surface area contributed by atoms with Gasteiger partial charge in [-0.1, -0.05) is 133 Å². The van der Waals surface area contributed by atoms with Gasteiger partial charge >= 0.3 is 0 Å². The summed E-state index contributed by atoms with van der Waals surface area (Å²) in [6.45, 7) is 0. The van der Waals surface area contributed by atoms with E-state index in [9.17, 15) is 0 Å². The fourth-order valence-electron chi connectivity index (χ4n) is 7.59. The van der Waals surface area contributed by atoms with Crippen LogP contribution >= 0.6 is 0 Å². The summed E-state index contributed by atoms with van der Waals surface area (Å²) in [5, 5.41) is 10.7. The van der Waals surface area contributed by atoms with Crippen LogP contribution in [-0.2, 0) is 0 Å². The van der Waals surface area contributed by atoms with Crippen molar-refractivity contribution in [3.05, 3.63) is 186 Å². The zero-order chi connectivity index (χ0) is 33.7. The summed E-state index contributed by atoms with van der Waals surface area (Å²) in [5.41, 5.74) is 9.52. The number of nitrogens with one attached hydrogen (secondary N) is 1. The summed E-state index contributed by atoms with van der Waals surface area (Å²) in [5.74, 6) is 1.46. The van der Waals surface area contributed by atoms with Crippen LogP contribution in [0.25, 0.3) is 60.2 Å². The van der Waals surface area contributed by atoms with Crippen molar-refractivity contribution in [1.82, 2.24) is 5.32 Å². The number of hydrogen-bond donors (Lipinski definition) is 1. The van der Waals surface area contributed by atoms with Crippen LogP contribution in [0.3, 0.4) is 0 Å². The highest BCUT2D eigenvalue weighted by Gasteiger charge is 2.27. The van der Waals surface area contributed by atoms with Gasteiger partial charge in [0.05, 0.1) is 0 Å². The Kier molecular flexibility index (Phi) is 6.98. The molecule has 1 aliphatic carbocycles. The van der Waals surface area contributed by atoms with Crippen molar-refractivity contribution in [1.29, 1.82) is 0 Å². The van der Waals surface area contributed by atoms with E-state index < -0.39 is 0 Å². The van der Waals surface area contributed by atoms with Crippen molar-refractivity contribution >= 4 is 60.7 Å². The van der Waals surface area contributed by atoms with Crippen LogP contribution in [0, 0.1) is 0 Å². The van der Waals surface area contributed by atoms with Gasteiger partial charge in [0.2, 0.25) is 0 Å². The topological polar surface area (TPSA) is 49.9 Å². The second kappa shape index (κ2) is 12.1. The Morgan fingerprint density at radius 1 is 0.608 bits per heavy atom. The van der Waals surface area contributed by atoms with Crippen LogP contribution in [0.2, 0.25) is 0 Å². The minimum Gasteiger partial charge on any atom is -0.456 e. The second-order valence-corrected chi connectivity index (χ2v) is 13.3. The van der Waals surface area contributed by atoms with Gasteiger partial charge in [-0.2, -0.15) is 0 Å². The normalized spacial score (nSPS) is 15.9. The van der Waals surface area contributed by atoms with E-state index in [1.807, 2.05) is 12.1 Å². The molecule has 7 aromatic carbocycles. The molecule has 8 aromatic rings. The van der Waals surface area contributed by atoms with Gasteiger partial charge in [0, 0.05) is 21.9 Å². The minimum absolute atomic E-state index is 0.360. The number of nitrogens with zero attached hydrogens (tertiary/aromatic N) is 2. The van der Waals surface area contributed by atoms with Gasteiger partial charge in [-0.15, -0.1) is 0 Å². The van der Waals surface area contributed by atoms with Crippen molar-refractivity contribution in [3.63, 3.8) is 0 Å². The molecular formula is C47H33N3O. The molecule has 1 aliphatic heterocycles. The monoisotopic (exact) mass is 655 g/mol. The first-order chi connectivity index (χ1) is 25.2. The Labute approximate surface area is 295 Å². The third kappa shape index (κ3) is 5.24. The molecule has 10 rings (SSSR count). The molecule has 0 radical (unpaired) electrons. The molecule has 1 atom stereocenters. The summed E-state index contributed by atoms with van der Waals surface area (Å²) >= 11 is 0. The second-order valence-electron chi connectivity index (χ2n) is 13.3. The number of allylic oxidation sites excluding steroid dienone is 4. The van der Waals surface area contributed by atoms with Crippen molar-refractivity contribution in [3.8, 4) is 11.1 Å². The van der Waals surface area contributed by atoms with Crippen molar-refractivity contribution < 1.29 is 4.42 Å². The number of amidine groups is 2. The summed E-state index contributed by atoms with van der Waals surface area (Å²) in [6, 6.07) is 51.5. The molecule has 2 aliphatic rings. The summed E-state index contributed by atoms with van der Waals surface area (Å²) in [7, 11) is 0. The molecule has 4 heteroatoms. The van der Waals surface area contributed by atoms with Gasteiger partial charge in [-0.25, -0.2) is 9.98 Å². The molecule has 1 unspecified atom stereocenters. The quantitative estimate of drug-likeness (QED) is 0.201. The Balaban J connectivity index is 1.19. The first-order valence-electron chi connectivity index (χ1n) is 17.6. The van der Waals surface area contributed by atoms with Crippen LogP contribution in [0.1, 0.15) is 41.3 Å². The van der Waals surface area contributed by atoms with Crippen molar-refractivity contribution in [2.45, 2.75) is 19.0 Å². The zero-order valence-electron chi connectivity index (χ0n) is 27.9. The van der Waals surface area contributed by atoms with Crippen LogP contribution in [0.15, 0.2) is 178 Å². The number of rotatable bonds is 5. The van der Waals surface area contributed by atoms with E-state index in [0.717, 1.165) is 68.4 Å². The van der Waals surface area contributed by atoms with Crippen LogP contribution in [0.5, 0.6) is 0 Å². The Hall–Kier alpha value is -6.52. The molecule has 4 nitrogen and oxygen atoms in total. The maximum Gasteiger partial charge on any atom is 0.159 e. The minimum atomic E-state index is -0.360. The molecule has 1 aromatic heterocycles. The van der Waals surface area contributed by atoms with Gasteiger partial charge in [0.15, 0.2) is 5.84 Å². The molecular weight excluding hydrogens is 623 g/mol. The molecule has 2 heterocycles. The van der Waals surface area contributed by atoms with Crippen LogP contribution in [-0.4, -0.2) is 11.7 Å². The van der Waals surface area contributed by atoms with E-state index in [1.165, 1.54) is 32.7 Å². The van der Waals surface area contributed by atoms with E-state index in [0.29, 0.717) is 5.84 Å². The molecule has 1 N–H and O–H groups in total. The number of fused-ring (bicyclic) bond motifs is 5. The summed E-state index contributed by atoms with van der Waals surface area (Å²) in [4.78, 5) is 10.7. The van der Waals surface area contributed by atoms with Crippen LogP contribution < -0.4 is 5.32 Å². The third-order valence-electron chi connectivity index (χ3n) is 10.2. The lowest BCUT2D eigenvalue weighted by Gasteiger charge is -2.25. The zero-order valence-corrected chi connectivity index (χ0v) is 27.9. The van der Waals surface area contributed by atoms with Crippen molar-refractivity contribution in [2.24, 2.45) is 9.98 Å².